The zero-order valence-corrected chi connectivity index (χ0v) is 14.1. The van der Waals surface area contributed by atoms with Crippen molar-refractivity contribution in [1.82, 2.24) is 9.55 Å². The lowest BCUT2D eigenvalue weighted by Crippen LogP contribution is -1.98. The van der Waals surface area contributed by atoms with Gasteiger partial charge in [-0.1, -0.05) is 6.07 Å². The Labute approximate surface area is 142 Å². The first kappa shape index (κ1) is 13.9. The number of aryl methyl sites for hydroxylation is 2. The Morgan fingerprint density at radius 3 is 2.95 bits per heavy atom. The first-order valence-corrected chi connectivity index (χ1v) is 8.36. The lowest BCUT2D eigenvalue weighted by molar-refractivity contribution is 0.174. The predicted molar refractivity (Wildman–Crippen MR) is 93.3 cm³/mol. The Morgan fingerprint density at radius 1 is 1.09 bits per heavy atom. The van der Waals surface area contributed by atoms with Gasteiger partial charge in [0.1, 0.15) is 0 Å². The van der Waals surface area contributed by atoms with Gasteiger partial charge in [0, 0.05) is 10.1 Å². The molecule has 0 bridgehead atoms. The third kappa shape index (κ3) is 2.65. The van der Waals surface area contributed by atoms with Crippen molar-refractivity contribution in [3.05, 3.63) is 51.9 Å². The summed E-state index contributed by atoms with van der Waals surface area (Å²) in [5, 5.41) is 0. The summed E-state index contributed by atoms with van der Waals surface area (Å²) in [6.07, 6.45) is 4.01. The van der Waals surface area contributed by atoms with Crippen LogP contribution in [0.5, 0.6) is 11.5 Å². The Kier molecular flexibility index (Phi) is 3.65. The second-order valence-electron chi connectivity index (χ2n) is 5.36. The van der Waals surface area contributed by atoms with Gasteiger partial charge in [-0.05, 0) is 71.3 Å². The van der Waals surface area contributed by atoms with E-state index in [1.165, 1.54) is 14.7 Å². The smallest absolute Gasteiger partial charge is 0.231 e. The van der Waals surface area contributed by atoms with E-state index in [4.69, 9.17) is 9.47 Å². The monoisotopic (exact) mass is 406 g/mol. The molecule has 0 unspecified atom stereocenters. The van der Waals surface area contributed by atoms with E-state index in [9.17, 15) is 0 Å². The molecule has 4 rings (SSSR count). The lowest BCUT2D eigenvalue weighted by Gasteiger charge is -2.06. The average Bonchev–Trinajstić information content (AvgIpc) is 3.13. The molecule has 0 atom stereocenters. The number of benzene rings is 2. The number of ether oxygens (including phenoxy) is 2. The molecule has 1 aliphatic heterocycles. The Morgan fingerprint density at radius 2 is 2.00 bits per heavy atom. The van der Waals surface area contributed by atoms with Crippen LogP contribution in [0.4, 0.5) is 0 Å². The van der Waals surface area contributed by atoms with Crippen LogP contribution in [0.25, 0.3) is 11.0 Å². The second kappa shape index (κ2) is 5.79. The maximum absolute atomic E-state index is 5.42. The third-order valence-electron chi connectivity index (χ3n) is 3.88. The quantitative estimate of drug-likeness (QED) is 0.615. The van der Waals surface area contributed by atoms with Crippen LogP contribution < -0.4 is 9.47 Å². The fourth-order valence-corrected chi connectivity index (χ4v) is 3.23. The number of halogens is 1. The topological polar surface area (TPSA) is 36.3 Å². The Balaban J connectivity index is 1.45. The molecule has 112 valence electrons. The van der Waals surface area contributed by atoms with Gasteiger partial charge >= 0.3 is 0 Å². The fourth-order valence-electron chi connectivity index (χ4n) is 2.76. The first-order valence-electron chi connectivity index (χ1n) is 7.28. The summed E-state index contributed by atoms with van der Waals surface area (Å²) in [6, 6.07) is 12.5. The van der Waals surface area contributed by atoms with Crippen molar-refractivity contribution >= 4 is 33.6 Å². The van der Waals surface area contributed by atoms with Gasteiger partial charge in [0.15, 0.2) is 11.5 Å². The molecule has 0 saturated heterocycles. The molecule has 0 radical (unpaired) electrons. The zero-order chi connectivity index (χ0) is 14.9. The largest absolute Gasteiger partial charge is 0.454 e. The maximum Gasteiger partial charge on any atom is 0.231 e. The van der Waals surface area contributed by atoms with E-state index in [0.717, 1.165) is 36.4 Å². The van der Waals surface area contributed by atoms with Gasteiger partial charge in [0.2, 0.25) is 6.79 Å². The second-order valence-corrected chi connectivity index (χ2v) is 6.61. The molecule has 4 nitrogen and oxygen atoms in total. The average molecular weight is 406 g/mol. The standard InChI is InChI=1S/C17H15IN2O2/c18-13-4-5-14-15(9-13)20(10-19-14)7-1-2-12-3-6-16-17(8-12)22-11-21-16/h3-6,8-10H,1-2,7,11H2. The molecule has 1 aromatic heterocycles. The minimum atomic E-state index is 0.332. The normalized spacial score (nSPS) is 13.0. The first-order chi connectivity index (χ1) is 10.8. The highest BCUT2D eigenvalue weighted by atomic mass is 127. The number of imidazole rings is 1. The summed E-state index contributed by atoms with van der Waals surface area (Å²) < 4.78 is 14.2. The van der Waals surface area contributed by atoms with Gasteiger partial charge < -0.3 is 14.0 Å². The molecule has 3 aromatic rings. The van der Waals surface area contributed by atoms with Crippen LogP contribution in [0.3, 0.4) is 0 Å². The number of hydrogen-bond donors (Lipinski definition) is 0. The minimum absolute atomic E-state index is 0.332. The van der Waals surface area contributed by atoms with Crippen LogP contribution in [-0.4, -0.2) is 16.3 Å². The van der Waals surface area contributed by atoms with Crippen LogP contribution >= 0.6 is 22.6 Å². The van der Waals surface area contributed by atoms with Crippen molar-refractivity contribution in [2.24, 2.45) is 0 Å². The van der Waals surface area contributed by atoms with Crippen molar-refractivity contribution in [3.63, 3.8) is 0 Å². The highest BCUT2D eigenvalue weighted by Crippen LogP contribution is 2.32. The molecule has 0 fully saturated rings. The number of aromatic nitrogens is 2. The fraction of sp³-hybridized carbons (Fsp3) is 0.235. The third-order valence-corrected chi connectivity index (χ3v) is 4.56. The van der Waals surface area contributed by atoms with Gasteiger partial charge in [0.25, 0.3) is 0 Å². The van der Waals surface area contributed by atoms with Gasteiger partial charge in [-0.3, -0.25) is 0 Å². The van der Waals surface area contributed by atoms with Crippen molar-refractivity contribution in [2.45, 2.75) is 19.4 Å². The van der Waals surface area contributed by atoms with Crippen LogP contribution in [0, 0.1) is 3.57 Å². The van der Waals surface area contributed by atoms with Crippen LogP contribution in [0.15, 0.2) is 42.7 Å². The lowest BCUT2D eigenvalue weighted by atomic mass is 10.1. The van der Waals surface area contributed by atoms with Gasteiger partial charge in [-0.15, -0.1) is 0 Å². The highest BCUT2D eigenvalue weighted by Gasteiger charge is 2.13. The number of rotatable bonds is 4. The summed E-state index contributed by atoms with van der Waals surface area (Å²) in [6.45, 7) is 1.30. The SMILES string of the molecule is Ic1ccc2ncn(CCCc3ccc4c(c3)OCO4)c2c1. The van der Waals surface area contributed by atoms with Crippen LogP contribution in [0.2, 0.25) is 0 Å². The van der Waals surface area contributed by atoms with Crippen molar-refractivity contribution in [1.29, 1.82) is 0 Å². The molecular weight excluding hydrogens is 391 g/mol. The molecule has 0 aliphatic carbocycles. The molecule has 0 spiro atoms. The Bertz CT molecular complexity index is 829. The number of fused-ring (bicyclic) bond motifs is 2. The van der Waals surface area contributed by atoms with E-state index in [-0.39, 0.29) is 0 Å². The summed E-state index contributed by atoms with van der Waals surface area (Å²) in [7, 11) is 0. The van der Waals surface area contributed by atoms with E-state index in [1.54, 1.807) is 0 Å². The Hall–Kier alpha value is -1.76. The molecule has 0 N–H and O–H groups in total. The van der Waals surface area contributed by atoms with Crippen molar-refractivity contribution < 1.29 is 9.47 Å². The molecule has 5 heteroatoms. The number of hydrogen-bond acceptors (Lipinski definition) is 3. The summed E-state index contributed by atoms with van der Waals surface area (Å²) in [5.74, 6) is 1.71. The van der Waals surface area contributed by atoms with Crippen molar-refractivity contribution in [3.8, 4) is 11.5 Å². The van der Waals surface area contributed by atoms with Gasteiger partial charge in [-0.25, -0.2) is 4.98 Å². The predicted octanol–water partition coefficient (Wildman–Crippen LogP) is 4.00. The summed E-state index contributed by atoms with van der Waals surface area (Å²) in [4.78, 5) is 4.46. The van der Waals surface area contributed by atoms with E-state index in [2.05, 4.69) is 62.5 Å². The minimum Gasteiger partial charge on any atom is -0.454 e. The van der Waals surface area contributed by atoms with E-state index < -0.39 is 0 Å². The molecule has 1 aliphatic rings. The van der Waals surface area contributed by atoms with Crippen LogP contribution in [-0.2, 0) is 13.0 Å². The molecule has 22 heavy (non-hydrogen) atoms. The van der Waals surface area contributed by atoms with Gasteiger partial charge in [0.05, 0.1) is 17.4 Å². The van der Waals surface area contributed by atoms with E-state index in [1.807, 2.05) is 12.4 Å². The summed E-state index contributed by atoms with van der Waals surface area (Å²) >= 11 is 2.34. The summed E-state index contributed by atoms with van der Waals surface area (Å²) in [5.41, 5.74) is 3.55. The van der Waals surface area contributed by atoms with Crippen molar-refractivity contribution in [2.75, 3.05) is 6.79 Å². The zero-order valence-electron chi connectivity index (χ0n) is 12.0. The molecule has 0 amide bonds. The molecule has 2 heterocycles. The highest BCUT2D eigenvalue weighted by molar-refractivity contribution is 14.1. The molecular formula is C17H15IN2O2. The van der Waals surface area contributed by atoms with E-state index >= 15 is 0 Å². The molecule has 2 aromatic carbocycles. The molecule has 0 saturated carbocycles. The maximum atomic E-state index is 5.42. The van der Waals surface area contributed by atoms with Gasteiger partial charge in [-0.2, -0.15) is 0 Å². The van der Waals surface area contributed by atoms with E-state index in [0.29, 0.717) is 6.79 Å². The van der Waals surface area contributed by atoms with Crippen LogP contribution in [0.1, 0.15) is 12.0 Å². The number of nitrogens with zero attached hydrogens (tertiary/aromatic N) is 2.